The number of halogens is 1. The highest BCUT2D eigenvalue weighted by atomic mass is 35.5. The lowest BCUT2D eigenvalue weighted by Gasteiger charge is -2.17. The van der Waals surface area contributed by atoms with Gasteiger partial charge in [0.05, 0.1) is 5.69 Å². The summed E-state index contributed by atoms with van der Waals surface area (Å²) in [6.45, 7) is 5.99. The molecule has 1 aromatic carbocycles. The molecule has 0 spiro atoms. The molecule has 1 rings (SSSR count). The van der Waals surface area contributed by atoms with Gasteiger partial charge in [-0.05, 0) is 31.0 Å². The van der Waals surface area contributed by atoms with Crippen LogP contribution >= 0.6 is 11.6 Å². The minimum atomic E-state index is -0.162. The summed E-state index contributed by atoms with van der Waals surface area (Å²) in [5.41, 5.74) is 6.14. The predicted octanol–water partition coefficient (Wildman–Crippen LogP) is 2.46. The third kappa shape index (κ3) is 4.45. The minimum absolute atomic E-state index is 0.0527. The first-order valence-corrected chi connectivity index (χ1v) is 6.25. The van der Waals surface area contributed by atoms with Crippen LogP contribution in [0.4, 0.5) is 5.69 Å². The lowest BCUT2D eigenvalue weighted by molar-refractivity contribution is -0.123. The second-order valence-electron chi connectivity index (χ2n) is 4.57. The van der Waals surface area contributed by atoms with Crippen molar-refractivity contribution in [3.8, 4) is 5.75 Å². The quantitative estimate of drug-likeness (QED) is 0.808. The largest absolute Gasteiger partial charge is 0.482 e. The molecule has 3 N–H and O–H groups in total. The molecule has 1 atom stereocenters. The van der Waals surface area contributed by atoms with Crippen LogP contribution in [0, 0.1) is 5.92 Å². The van der Waals surface area contributed by atoms with Gasteiger partial charge in [0.1, 0.15) is 5.75 Å². The molecule has 0 aliphatic carbocycles. The highest BCUT2D eigenvalue weighted by Crippen LogP contribution is 2.24. The molecule has 0 fully saturated rings. The van der Waals surface area contributed by atoms with Crippen molar-refractivity contribution in [3.63, 3.8) is 0 Å². The van der Waals surface area contributed by atoms with Gasteiger partial charge in [0, 0.05) is 11.1 Å². The van der Waals surface area contributed by atoms with Crippen LogP contribution in [-0.4, -0.2) is 18.6 Å². The van der Waals surface area contributed by atoms with Crippen molar-refractivity contribution in [3.05, 3.63) is 23.2 Å². The Morgan fingerprint density at radius 2 is 2.11 bits per heavy atom. The molecule has 1 unspecified atom stereocenters. The minimum Gasteiger partial charge on any atom is -0.482 e. The van der Waals surface area contributed by atoms with Crippen molar-refractivity contribution >= 4 is 23.2 Å². The fraction of sp³-hybridized carbons (Fsp3) is 0.462. The van der Waals surface area contributed by atoms with Crippen molar-refractivity contribution in [1.29, 1.82) is 0 Å². The van der Waals surface area contributed by atoms with Crippen LogP contribution in [0.15, 0.2) is 18.2 Å². The van der Waals surface area contributed by atoms with E-state index in [1.807, 2.05) is 20.8 Å². The van der Waals surface area contributed by atoms with Gasteiger partial charge in [0.15, 0.2) is 6.61 Å². The zero-order chi connectivity index (χ0) is 13.7. The number of nitrogens with one attached hydrogen (secondary N) is 1. The first-order valence-electron chi connectivity index (χ1n) is 5.87. The van der Waals surface area contributed by atoms with E-state index in [1.54, 1.807) is 18.2 Å². The van der Waals surface area contributed by atoms with E-state index in [0.29, 0.717) is 22.4 Å². The molecule has 0 aromatic heterocycles. The number of nitrogen functional groups attached to an aromatic ring is 1. The van der Waals surface area contributed by atoms with E-state index in [9.17, 15) is 4.79 Å². The highest BCUT2D eigenvalue weighted by molar-refractivity contribution is 6.30. The van der Waals surface area contributed by atoms with Gasteiger partial charge in [0.25, 0.3) is 5.91 Å². The number of benzene rings is 1. The number of amides is 1. The molecule has 4 nitrogen and oxygen atoms in total. The number of nitrogens with two attached hydrogens (primary N) is 1. The zero-order valence-electron chi connectivity index (χ0n) is 10.9. The van der Waals surface area contributed by atoms with E-state index in [4.69, 9.17) is 22.1 Å². The third-order valence-electron chi connectivity index (χ3n) is 2.72. The summed E-state index contributed by atoms with van der Waals surface area (Å²) in [5.74, 6) is 0.687. The maximum atomic E-state index is 11.6. The maximum Gasteiger partial charge on any atom is 0.258 e. The SMILES string of the molecule is CC(C)C(C)NC(=O)COc1ccc(Cl)cc1N. The first kappa shape index (κ1) is 14.6. The summed E-state index contributed by atoms with van der Waals surface area (Å²) >= 11 is 5.77. The molecule has 0 bridgehead atoms. The Balaban J connectivity index is 2.47. The van der Waals surface area contributed by atoms with Crippen molar-refractivity contribution in [2.45, 2.75) is 26.8 Å². The molecule has 0 radical (unpaired) electrons. The standard InChI is InChI=1S/C13H19ClN2O2/c1-8(2)9(3)16-13(17)7-18-12-5-4-10(14)6-11(12)15/h4-6,8-9H,7,15H2,1-3H3,(H,16,17). The van der Waals surface area contributed by atoms with E-state index in [2.05, 4.69) is 5.32 Å². The fourth-order valence-electron chi connectivity index (χ4n) is 1.26. The van der Waals surface area contributed by atoms with E-state index in [1.165, 1.54) is 0 Å². The third-order valence-corrected chi connectivity index (χ3v) is 2.95. The number of ether oxygens (including phenoxy) is 1. The van der Waals surface area contributed by atoms with Crippen LogP contribution in [0.3, 0.4) is 0 Å². The Kier molecular flexibility index (Phi) is 5.28. The average Bonchev–Trinajstić information content (AvgIpc) is 2.27. The summed E-state index contributed by atoms with van der Waals surface area (Å²) in [4.78, 5) is 11.6. The Bertz CT molecular complexity index is 421. The Morgan fingerprint density at radius 1 is 1.44 bits per heavy atom. The van der Waals surface area contributed by atoms with Gasteiger partial charge < -0.3 is 15.8 Å². The van der Waals surface area contributed by atoms with Crippen LogP contribution in [0.5, 0.6) is 5.75 Å². The smallest absolute Gasteiger partial charge is 0.258 e. The van der Waals surface area contributed by atoms with E-state index in [0.717, 1.165) is 0 Å². The molecule has 0 heterocycles. The van der Waals surface area contributed by atoms with Gasteiger partial charge in [-0.25, -0.2) is 0 Å². The number of anilines is 1. The predicted molar refractivity (Wildman–Crippen MR) is 73.8 cm³/mol. The van der Waals surface area contributed by atoms with Crippen LogP contribution in [0.1, 0.15) is 20.8 Å². The maximum absolute atomic E-state index is 11.6. The number of rotatable bonds is 5. The van der Waals surface area contributed by atoms with Crippen molar-refractivity contribution in [2.24, 2.45) is 5.92 Å². The molecule has 18 heavy (non-hydrogen) atoms. The molecule has 1 amide bonds. The molecule has 0 saturated heterocycles. The first-order chi connectivity index (χ1) is 8.40. The Morgan fingerprint density at radius 3 is 2.67 bits per heavy atom. The molecule has 1 aromatic rings. The van der Waals surface area contributed by atoms with Crippen molar-refractivity contribution in [1.82, 2.24) is 5.32 Å². The number of hydrogen-bond donors (Lipinski definition) is 2. The zero-order valence-corrected chi connectivity index (χ0v) is 11.6. The Hall–Kier alpha value is -1.42. The molecule has 0 aliphatic heterocycles. The fourth-order valence-corrected chi connectivity index (χ4v) is 1.44. The summed E-state index contributed by atoms with van der Waals surface area (Å²) in [6.07, 6.45) is 0. The molecular formula is C13H19ClN2O2. The summed E-state index contributed by atoms with van der Waals surface area (Å²) in [7, 11) is 0. The summed E-state index contributed by atoms with van der Waals surface area (Å²) < 4.78 is 5.34. The van der Waals surface area contributed by atoms with Crippen LogP contribution in [-0.2, 0) is 4.79 Å². The van der Waals surface area contributed by atoms with Gasteiger partial charge in [-0.2, -0.15) is 0 Å². The van der Waals surface area contributed by atoms with Gasteiger partial charge in [-0.15, -0.1) is 0 Å². The van der Waals surface area contributed by atoms with Crippen molar-refractivity contribution in [2.75, 3.05) is 12.3 Å². The summed E-state index contributed by atoms with van der Waals surface area (Å²) in [6, 6.07) is 5.02. The average molecular weight is 271 g/mol. The van der Waals surface area contributed by atoms with Crippen LogP contribution in [0.25, 0.3) is 0 Å². The van der Waals surface area contributed by atoms with Gasteiger partial charge >= 0.3 is 0 Å². The lowest BCUT2D eigenvalue weighted by Crippen LogP contribution is -2.39. The Labute approximate surface area is 112 Å². The number of carbonyl (C=O) groups is 1. The monoisotopic (exact) mass is 270 g/mol. The van der Waals surface area contributed by atoms with Gasteiger partial charge in [-0.3, -0.25) is 4.79 Å². The second kappa shape index (κ2) is 6.50. The van der Waals surface area contributed by atoms with Crippen LogP contribution < -0.4 is 15.8 Å². The van der Waals surface area contributed by atoms with E-state index < -0.39 is 0 Å². The van der Waals surface area contributed by atoms with Gasteiger partial charge in [-0.1, -0.05) is 25.4 Å². The molecular weight excluding hydrogens is 252 g/mol. The highest BCUT2D eigenvalue weighted by Gasteiger charge is 2.11. The van der Waals surface area contributed by atoms with E-state index in [-0.39, 0.29) is 18.6 Å². The number of carbonyl (C=O) groups excluding carboxylic acids is 1. The molecule has 0 saturated carbocycles. The topological polar surface area (TPSA) is 64.3 Å². The second-order valence-corrected chi connectivity index (χ2v) is 5.01. The summed E-state index contributed by atoms with van der Waals surface area (Å²) in [5, 5.41) is 3.39. The molecule has 100 valence electrons. The molecule has 5 heteroatoms. The number of hydrogen-bond acceptors (Lipinski definition) is 3. The van der Waals surface area contributed by atoms with Crippen molar-refractivity contribution < 1.29 is 9.53 Å². The van der Waals surface area contributed by atoms with Crippen LogP contribution in [0.2, 0.25) is 5.02 Å². The molecule has 0 aliphatic rings. The van der Waals surface area contributed by atoms with Gasteiger partial charge in [0.2, 0.25) is 0 Å². The van der Waals surface area contributed by atoms with E-state index >= 15 is 0 Å². The lowest BCUT2D eigenvalue weighted by atomic mass is 10.1. The normalized spacial score (nSPS) is 12.3.